The van der Waals surface area contributed by atoms with Crippen molar-refractivity contribution < 1.29 is 22.9 Å². The van der Waals surface area contributed by atoms with Crippen molar-refractivity contribution in [2.75, 3.05) is 44.2 Å². The molecule has 0 saturated carbocycles. The van der Waals surface area contributed by atoms with Crippen LogP contribution in [-0.2, 0) is 19.4 Å². The third kappa shape index (κ3) is 6.14. The summed E-state index contributed by atoms with van der Waals surface area (Å²) in [6, 6.07) is 9.94. The number of carbonyl (C=O) groups excluding carboxylic acids is 2. The summed E-state index contributed by atoms with van der Waals surface area (Å²) >= 11 is 0. The highest BCUT2D eigenvalue weighted by molar-refractivity contribution is 7.91. The van der Waals surface area contributed by atoms with Gasteiger partial charge in [0, 0.05) is 19.0 Å². The first-order valence-electron chi connectivity index (χ1n) is 10.2. The van der Waals surface area contributed by atoms with Gasteiger partial charge < -0.3 is 15.1 Å². The Kier molecular flexibility index (Phi) is 7.08. The van der Waals surface area contributed by atoms with E-state index in [-0.39, 0.29) is 35.9 Å². The van der Waals surface area contributed by atoms with Gasteiger partial charge in [-0.05, 0) is 30.6 Å². The zero-order valence-corrected chi connectivity index (χ0v) is 17.7. The Labute approximate surface area is 172 Å². The van der Waals surface area contributed by atoms with Crippen LogP contribution in [0.2, 0.25) is 0 Å². The van der Waals surface area contributed by atoms with E-state index in [9.17, 15) is 18.0 Å². The van der Waals surface area contributed by atoms with Gasteiger partial charge in [-0.3, -0.25) is 9.59 Å². The lowest BCUT2D eigenvalue weighted by Gasteiger charge is -2.27. The van der Waals surface area contributed by atoms with Crippen molar-refractivity contribution in [1.82, 2.24) is 10.2 Å². The minimum Gasteiger partial charge on any atom is -0.351 e. The molecule has 0 radical (unpaired) electrons. The molecule has 2 aliphatic rings. The molecular formula is C21H30N3O4S+. The maximum atomic E-state index is 12.7. The zero-order valence-electron chi connectivity index (χ0n) is 16.9. The molecule has 29 heavy (non-hydrogen) atoms. The number of nitrogens with zero attached hydrogens (tertiary/aromatic N) is 1. The summed E-state index contributed by atoms with van der Waals surface area (Å²) in [7, 11) is -3.04. The Morgan fingerprint density at radius 2 is 2.00 bits per heavy atom. The Balaban J connectivity index is 1.47. The predicted molar refractivity (Wildman–Crippen MR) is 112 cm³/mol. The molecule has 1 aromatic rings. The molecule has 2 aliphatic heterocycles. The SMILES string of the molecule is CCN(CC(=O)N[C@@H]1CCS(=O)(=O)C1)C(=O)C[NH+]1CC=C(c2ccccc2)CC1. The Morgan fingerprint density at radius 3 is 2.59 bits per heavy atom. The molecule has 0 aliphatic carbocycles. The second kappa shape index (κ2) is 9.54. The van der Waals surface area contributed by atoms with E-state index in [1.807, 2.05) is 25.1 Å². The highest BCUT2D eigenvalue weighted by Crippen LogP contribution is 2.17. The molecular weight excluding hydrogens is 390 g/mol. The predicted octanol–water partition coefficient (Wildman–Crippen LogP) is -0.490. The van der Waals surface area contributed by atoms with Crippen molar-refractivity contribution in [3.63, 3.8) is 0 Å². The second-order valence-electron chi connectivity index (χ2n) is 7.80. The molecule has 1 unspecified atom stereocenters. The lowest BCUT2D eigenvalue weighted by Crippen LogP contribution is -3.13. The first-order chi connectivity index (χ1) is 13.9. The Bertz CT molecular complexity index is 867. The number of quaternary nitrogens is 1. The number of benzene rings is 1. The summed E-state index contributed by atoms with van der Waals surface area (Å²) in [6.07, 6.45) is 3.57. The molecule has 1 fully saturated rings. The molecule has 8 heteroatoms. The fraction of sp³-hybridized carbons (Fsp3) is 0.524. The molecule has 2 heterocycles. The van der Waals surface area contributed by atoms with Crippen LogP contribution in [0.15, 0.2) is 36.4 Å². The lowest BCUT2D eigenvalue weighted by molar-refractivity contribution is -0.887. The van der Waals surface area contributed by atoms with Crippen LogP contribution in [0.3, 0.4) is 0 Å². The van der Waals surface area contributed by atoms with Gasteiger partial charge in [-0.2, -0.15) is 0 Å². The van der Waals surface area contributed by atoms with E-state index in [2.05, 4.69) is 23.5 Å². The van der Waals surface area contributed by atoms with Gasteiger partial charge in [0.15, 0.2) is 16.4 Å². The molecule has 0 aromatic heterocycles. The minimum absolute atomic E-state index is 0.00712. The third-order valence-electron chi connectivity index (χ3n) is 5.60. The summed E-state index contributed by atoms with van der Waals surface area (Å²) < 4.78 is 23.0. The fourth-order valence-corrected chi connectivity index (χ4v) is 5.59. The van der Waals surface area contributed by atoms with Crippen LogP contribution >= 0.6 is 0 Å². The zero-order chi connectivity index (χ0) is 20.9. The van der Waals surface area contributed by atoms with Crippen molar-refractivity contribution in [3.8, 4) is 0 Å². The molecule has 1 saturated heterocycles. The molecule has 158 valence electrons. The number of carbonyl (C=O) groups is 2. The van der Waals surface area contributed by atoms with Crippen LogP contribution in [0.25, 0.3) is 5.57 Å². The van der Waals surface area contributed by atoms with Gasteiger partial charge in [0.1, 0.15) is 0 Å². The molecule has 7 nitrogen and oxygen atoms in total. The molecule has 0 spiro atoms. The fourth-order valence-electron chi connectivity index (χ4n) is 3.92. The van der Waals surface area contributed by atoms with Gasteiger partial charge in [-0.25, -0.2) is 8.42 Å². The summed E-state index contributed by atoms with van der Waals surface area (Å²) in [6.45, 7) is 4.31. The van der Waals surface area contributed by atoms with Gasteiger partial charge in [-0.1, -0.05) is 30.3 Å². The maximum absolute atomic E-state index is 12.7. The Hall–Kier alpha value is -2.19. The molecule has 2 amide bonds. The number of sulfone groups is 1. The summed E-state index contributed by atoms with van der Waals surface area (Å²) in [4.78, 5) is 27.7. The van der Waals surface area contributed by atoms with Gasteiger partial charge in [0.05, 0.1) is 31.1 Å². The third-order valence-corrected chi connectivity index (χ3v) is 7.37. The maximum Gasteiger partial charge on any atom is 0.278 e. The van der Waals surface area contributed by atoms with Crippen molar-refractivity contribution >= 4 is 27.2 Å². The average molecular weight is 421 g/mol. The van der Waals surface area contributed by atoms with E-state index in [0.717, 1.165) is 19.5 Å². The average Bonchev–Trinajstić information content (AvgIpc) is 3.05. The summed E-state index contributed by atoms with van der Waals surface area (Å²) in [5, 5.41) is 2.75. The van der Waals surface area contributed by atoms with E-state index in [1.54, 1.807) is 4.90 Å². The van der Waals surface area contributed by atoms with Crippen molar-refractivity contribution in [2.45, 2.75) is 25.8 Å². The quantitative estimate of drug-likeness (QED) is 0.623. The number of amides is 2. The summed E-state index contributed by atoms with van der Waals surface area (Å²) in [5.41, 5.74) is 2.55. The number of rotatable bonds is 7. The van der Waals surface area contributed by atoms with Crippen molar-refractivity contribution in [3.05, 3.63) is 42.0 Å². The molecule has 3 rings (SSSR count). The smallest absolute Gasteiger partial charge is 0.278 e. The van der Waals surface area contributed by atoms with Crippen LogP contribution in [0.4, 0.5) is 0 Å². The minimum atomic E-state index is -3.04. The van der Waals surface area contributed by atoms with Gasteiger partial charge in [-0.15, -0.1) is 0 Å². The van der Waals surface area contributed by atoms with Crippen molar-refractivity contribution in [2.24, 2.45) is 0 Å². The monoisotopic (exact) mass is 420 g/mol. The van der Waals surface area contributed by atoms with Crippen LogP contribution in [0.5, 0.6) is 0 Å². The van der Waals surface area contributed by atoms with Crippen LogP contribution in [0.1, 0.15) is 25.3 Å². The van der Waals surface area contributed by atoms with Crippen molar-refractivity contribution in [1.29, 1.82) is 0 Å². The van der Waals surface area contributed by atoms with E-state index in [0.29, 0.717) is 19.5 Å². The van der Waals surface area contributed by atoms with E-state index >= 15 is 0 Å². The topological polar surface area (TPSA) is 88.0 Å². The van der Waals surface area contributed by atoms with E-state index in [4.69, 9.17) is 0 Å². The van der Waals surface area contributed by atoms with Gasteiger partial charge in [0.2, 0.25) is 5.91 Å². The Morgan fingerprint density at radius 1 is 1.24 bits per heavy atom. The lowest BCUT2D eigenvalue weighted by atomic mass is 9.99. The van der Waals surface area contributed by atoms with Crippen LogP contribution in [-0.4, -0.2) is 75.4 Å². The van der Waals surface area contributed by atoms with Gasteiger partial charge >= 0.3 is 0 Å². The summed E-state index contributed by atoms with van der Waals surface area (Å²) in [5.74, 6) is -0.228. The number of hydrogen-bond donors (Lipinski definition) is 2. The largest absolute Gasteiger partial charge is 0.351 e. The highest BCUT2D eigenvalue weighted by Gasteiger charge is 2.30. The molecule has 0 bridgehead atoms. The van der Waals surface area contributed by atoms with Gasteiger partial charge in [0.25, 0.3) is 5.91 Å². The number of hydrogen-bond acceptors (Lipinski definition) is 4. The molecule has 1 aromatic carbocycles. The first-order valence-corrected chi connectivity index (χ1v) is 12.0. The molecule has 2 atom stereocenters. The number of likely N-dealkylation sites (N-methyl/N-ethyl adjacent to an activating group) is 1. The first kappa shape index (κ1) is 21.5. The van der Waals surface area contributed by atoms with E-state index < -0.39 is 9.84 Å². The molecule has 2 N–H and O–H groups in total. The highest BCUT2D eigenvalue weighted by atomic mass is 32.2. The van der Waals surface area contributed by atoms with E-state index in [1.165, 1.54) is 16.0 Å². The standard InChI is InChI=1S/C21H29N3O4S/c1-2-24(14-20(25)22-19-10-13-29(27,28)16-19)21(26)15-23-11-8-18(9-12-23)17-6-4-3-5-7-17/h3-8,19H,2,9-16H2,1H3,(H,22,25)/p+1/t19-/m1/s1. The number of nitrogens with one attached hydrogen (secondary N) is 2. The second-order valence-corrected chi connectivity index (χ2v) is 10.0. The normalized spacial score (nSPS) is 23.3. The van der Waals surface area contributed by atoms with Crippen LogP contribution in [0, 0.1) is 0 Å². The van der Waals surface area contributed by atoms with Crippen LogP contribution < -0.4 is 10.2 Å².